The van der Waals surface area contributed by atoms with Crippen molar-refractivity contribution in [2.75, 3.05) is 31.3 Å². The summed E-state index contributed by atoms with van der Waals surface area (Å²) in [7, 11) is 0. The SMILES string of the molecule is C1CSCC2(C1)NC1(CCO2)COC1. The van der Waals surface area contributed by atoms with Crippen LogP contribution in [0.15, 0.2) is 0 Å². The molecule has 3 aliphatic heterocycles. The van der Waals surface area contributed by atoms with Crippen LogP contribution < -0.4 is 5.32 Å². The van der Waals surface area contributed by atoms with Gasteiger partial charge in [-0.3, -0.25) is 5.32 Å². The van der Waals surface area contributed by atoms with Gasteiger partial charge in [0.15, 0.2) is 0 Å². The normalized spacial score (nSPS) is 41.1. The third-order valence-corrected chi connectivity index (χ3v) is 4.66. The molecule has 3 saturated heterocycles. The summed E-state index contributed by atoms with van der Waals surface area (Å²) in [6, 6.07) is 0. The maximum atomic E-state index is 5.95. The van der Waals surface area contributed by atoms with Crippen LogP contribution in [0.3, 0.4) is 0 Å². The summed E-state index contributed by atoms with van der Waals surface area (Å²) in [5, 5.41) is 3.71. The highest BCUT2D eigenvalue weighted by Gasteiger charge is 2.49. The topological polar surface area (TPSA) is 30.5 Å². The van der Waals surface area contributed by atoms with E-state index in [4.69, 9.17) is 9.47 Å². The van der Waals surface area contributed by atoms with Crippen LogP contribution in [0.4, 0.5) is 0 Å². The quantitative estimate of drug-likeness (QED) is 0.653. The lowest BCUT2D eigenvalue weighted by Gasteiger charge is -2.54. The Balaban J connectivity index is 1.73. The van der Waals surface area contributed by atoms with Crippen molar-refractivity contribution < 1.29 is 9.47 Å². The van der Waals surface area contributed by atoms with E-state index in [0.29, 0.717) is 0 Å². The fourth-order valence-electron chi connectivity index (χ4n) is 2.57. The van der Waals surface area contributed by atoms with Gasteiger partial charge in [0.2, 0.25) is 0 Å². The first-order valence-corrected chi connectivity index (χ1v) is 6.57. The van der Waals surface area contributed by atoms with Gasteiger partial charge in [-0.2, -0.15) is 11.8 Å². The lowest BCUT2D eigenvalue weighted by Crippen LogP contribution is -2.72. The largest absolute Gasteiger partial charge is 0.377 e. The molecule has 3 aliphatic rings. The highest BCUT2D eigenvalue weighted by atomic mass is 32.2. The van der Waals surface area contributed by atoms with Crippen LogP contribution in [0.5, 0.6) is 0 Å². The molecule has 0 amide bonds. The maximum Gasteiger partial charge on any atom is 0.128 e. The zero-order chi connectivity index (χ0) is 9.49. The summed E-state index contributed by atoms with van der Waals surface area (Å²) >= 11 is 2.01. The molecular weight excluding hydrogens is 198 g/mol. The van der Waals surface area contributed by atoms with Crippen molar-refractivity contribution in [2.24, 2.45) is 0 Å². The molecule has 80 valence electrons. The molecule has 0 aliphatic carbocycles. The van der Waals surface area contributed by atoms with Gasteiger partial charge in [0.25, 0.3) is 0 Å². The van der Waals surface area contributed by atoms with Crippen molar-refractivity contribution >= 4 is 11.8 Å². The predicted molar refractivity (Wildman–Crippen MR) is 56.5 cm³/mol. The summed E-state index contributed by atoms with van der Waals surface area (Å²) < 4.78 is 11.3. The summed E-state index contributed by atoms with van der Waals surface area (Å²) in [4.78, 5) is 0. The van der Waals surface area contributed by atoms with E-state index in [2.05, 4.69) is 5.32 Å². The van der Waals surface area contributed by atoms with Crippen molar-refractivity contribution in [3.63, 3.8) is 0 Å². The second-order valence-electron chi connectivity index (χ2n) is 4.65. The summed E-state index contributed by atoms with van der Waals surface area (Å²) in [5.74, 6) is 2.39. The highest BCUT2D eigenvalue weighted by molar-refractivity contribution is 7.99. The highest BCUT2D eigenvalue weighted by Crippen LogP contribution is 2.36. The van der Waals surface area contributed by atoms with Crippen LogP contribution in [0.1, 0.15) is 19.3 Å². The molecule has 4 heteroatoms. The third kappa shape index (κ3) is 1.48. The van der Waals surface area contributed by atoms with Crippen LogP contribution in [0.25, 0.3) is 0 Å². The summed E-state index contributed by atoms with van der Waals surface area (Å²) in [6.07, 6.45) is 3.55. The number of ether oxygens (including phenoxy) is 2. The molecule has 3 heterocycles. The molecule has 0 bridgehead atoms. The minimum atomic E-state index is -0.0229. The van der Waals surface area contributed by atoms with Gasteiger partial charge in [0.05, 0.1) is 25.4 Å². The van der Waals surface area contributed by atoms with Crippen molar-refractivity contribution in [1.82, 2.24) is 5.32 Å². The Morgan fingerprint density at radius 3 is 2.79 bits per heavy atom. The number of hydrogen-bond donors (Lipinski definition) is 1. The van der Waals surface area contributed by atoms with Gasteiger partial charge in [-0.15, -0.1) is 0 Å². The van der Waals surface area contributed by atoms with E-state index >= 15 is 0 Å². The van der Waals surface area contributed by atoms with E-state index in [-0.39, 0.29) is 11.3 Å². The molecule has 0 saturated carbocycles. The van der Waals surface area contributed by atoms with Gasteiger partial charge >= 0.3 is 0 Å². The Labute approximate surface area is 88.9 Å². The predicted octanol–water partition coefficient (Wildman–Crippen LogP) is 0.989. The van der Waals surface area contributed by atoms with E-state index in [1.165, 1.54) is 18.6 Å². The molecule has 0 aromatic rings. The molecule has 0 aromatic carbocycles. The van der Waals surface area contributed by atoms with Crippen molar-refractivity contribution in [1.29, 1.82) is 0 Å². The van der Waals surface area contributed by atoms with Crippen molar-refractivity contribution in [3.05, 3.63) is 0 Å². The molecule has 3 fully saturated rings. The first-order valence-electron chi connectivity index (χ1n) is 5.42. The molecule has 1 unspecified atom stereocenters. The lowest BCUT2D eigenvalue weighted by molar-refractivity contribution is -0.190. The lowest BCUT2D eigenvalue weighted by atomic mass is 9.89. The number of nitrogens with one attached hydrogen (secondary N) is 1. The Bertz CT molecular complexity index is 219. The molecule has 1 atom stereocenters. The first-order chi connectivity index (χ1) is 6.83. The van der Waals surface area contributed by atoms with Gasteiger partial charge in [0, 0.05) is 5.75 Å². The number of thioether (sulfide) groups is 1. The maximum absolute atomic E-state index is 5.95. The van der Waals surface area contributed by atoms with Crippen LogP contribution in [0.2, 0.25) is 0 Å². The van der Waals surface area contributed by atoms with Gasteiger partial charge in [-0.05, 0) is 25.0 Å². The Hall–Kier alpha value is 0.230. The first kappa shape index (κ1) is 9.46. The van der Waals surface area contributed by atoms with Gasteiger partial charge in [-0.25, -0.2) is 0 Å². The minimum absolute atomic E-state index is 0.0229. The monoisotopic (exact) mass is 215 g/mol. The zero-order valence-corrected chi connectivity index (χ0v) is 9.20. The molecule has 14 heavy (non-hydrogen) atoms. The van der Waals surface area contributed by atoms with Crippen LogP contribution in [-0.4, -0.2) is 42.6 Å². The number of rotatable bonds is 0. The second-order valence-corrected chi connectivity index (χ2v) is 5.75. The van der Waals surface area contributed by atoms with Crippen LogP contribution >= 0.6 is 11.8 Å². The van der Waals surface area contributed by atoms with E-state index in [9.17, 15) is 0 Å². The van der Waals surface area contributed by atoms with Gasteiger partial charge in [0.1, 0.15) is 5.72 Å². The Morgan fingerprint density at radius 1 is 1.21 bits per heavy atom. The van der Waals surface area contributed by atoms with Crippen molar-refractivity contribution in [3.8, 4) is 0 Å². The Kier molecular flexibility index (Phi) is 2.28. The number of hydrogen-bond acceptors (Lipinski definition) is 4. The minimum Gasteiger partial charge on any atom is -0.377 e. The molecule has 3 nitrogen and oxygen atoms in total. The molecule has 2 spiro atoms. The van der Waals surface area contributed by atoms with E-state index in [1.54, 1.807) is 0 Å². The molecule has 0 aromatic heterocycles. The Morgan fingerprint density at radius 2 is 2.14 bits per heavy atom. The van der Waals surface area contributed by atoms with Gasteiger partial charge in [-0.1, -0.05) is 0 Å². The molecular formula is C10H17NO2S. The van der Waals surface area contributed by atoms with Crippen LogP contribution in [-0.2, 0) is 9.47 Å². The average Bonchev–Trinajstić information content (AvgIpc) is 2.17. The molecule has 1 N–H and O–H groups in total. The second kappa shape index (κ2) is 3.37. The fourth-order valence-corrected chi connectivity index (χ4v) is 3.69. The third-order valence-electron chi connectivity index (χ3n) is 3.41. The summed E-state index contributed by atoms with van der Waals surface area (Å²) in [6.45, 7) is 2.66. The molecule has 0 radical (unpaired) electrons. The summed E-state index contributed by atoms with van der Waals surface area (Å²) in [5.41, 5.74) is 0.237. The standard InChI is InChI=1S/C10H17NO2S/c1-2-10(8-14-5-1)11-9(3-4-13-10)6-12-7-9/h11H,1-8H2. The zero-order valence-electron chi connectivity index (χ0n) is 8.38. The van der Waals surface area contributed by atoms with Crippen molar-refractivity contribution in [2.45, 2.75) is 30.5 Å². The van der Waals surface area contributed by atoms with E-state index in [1.807, 2.05) is 11.8 Å². The van der Waals surface area contributed by atoms with Gasteiger partial charge < -0.3 is 9.47 Å². The van der Waals surface area contributed by atoms with Crippen LogP contribution in [0, 0.1) is 0 Å². The average molecular weight is 215 g/mol. The van der Waals surface area contributed by atoms with E-state index in [0.717, 1.165) is 32.0 Å². The smallest absolute Gasteiger partial charge is 0.128 e. The molecule has 3 rings (SSSR count). The fraction of sp³-hybridized carbons (Fsp3) is 1.00. The van der Waals surface area contributed by atoms with E-state index < -0.39 is 0 Å².